The Morgan fingerprint density at radius 2 is 1.39 bits per heavy atom. The van der Waals surface area contributed by atoms with Crippen molar-refractivity contribution in [1.29, 1.82) is 0 Å². The van der Waals surface area contributed by atoms with E-state index in [9.17, 15) is 19.2 Å². The van der Waals surface area contributed by atoms with E-state index < -0.39 is 64.6 Å². The molecule has 2 rings (SSSR count). The Hall–Kier alpha value is -2.88. The molecule has 0 aromatic carbocycles. The van der Waals surface area contributed by atoms with Crippen molar-refractivity contribution < 1.29 is 38.1 Å². The molecule has 0 aliphatic carbocycles. The Balaban J connectivity index is 2.48. The highest BCUT2D eigenvalue weighted by Gasteiger charge is 2.53. The van der Waals surface area contributed by atoms with Gasteiger partial charge >= 0.3 is 17.9 Å². The molecule has 36 heavy (non-hydrogen) atoms. The monoisotopic (exact) mass is 508 g/mol. The summed E-state index contributed by atoms with van der Waals surface area (Å²) in [4.78, 5) is 51.6. The van der Waals surface area contributed by atoms with Gasteiger partial charge in [-0.05, 0) is 68.7 Å². The van der Waals surface area contributed by atoms with Gasteiger partial charge in [0.05, 0.1) is 16.2 Å². The van der Waals surface area contributed by atoms with Gasteiger partial charge in [0.1, 0.15) is 12.7 Å². The summed E-state index contributed by atoms with van der Waals surface area (Å²) in [5.74, 6) is -2.14. The van der Waals surface area contributed by atoms with Crippen LogP contribution >= 0.6 is 0 Å². The summed E-state index contributed by atoms with van der Waals surface area (Å²) in [5, 5.41) is 0. The number of nitrogens with zero attached hydrogens (tertiary/aromatic N) is 1. The first-order chi connectivity index (χ1) is 16.3. The van der Waals surface area contributed by atoms with Gasteiger partial charge in [-0.3, -0.25) is 19.2 Å². The normalized spacial score (nSPS) is 24.7. The lowest BCUT2D eigenvalue weighted by Crippen LogP contribution is -2.47. The zero-order valence-electron chi connectivity index (χ0n) is 22.7. The van der Waals surface area contributed by atoms with E-state index in [1.807, 2.05) is 0 Å². The first-order valence-corrected chi connectivity index (χ1v) is 12.0. The SMILES string of the molecule is CC(C)(C)C(=O)OCC1OC(N2C=CCC(C(N)=O)=C2)[C@H](OC(=O)C(C)(C)C)[C@@H]1OC(=O)C(C)(C)C. The smallest absolute Gasteiger partial charge is 0.311 e. The summed E-state index contributed by atoms with van der Waals surface area (Å²) < 4.78 is 23.4. The van der Waals surface area contributed by atoms with Gasteiger partial charge in [0, 0.05) is 18.0 Å². The summed E-state index contributed by atoms with van der Waals surface area (Å²) in [6.45, 7) is 15.1. The van der Waals surface area contributed by atoms with Crippen LogP contribution in [0, 0.1) is 16.2 Å². The van der Waals surface area contributed by atoms with E-state index in [-0.39, 0.29) is 6.61 Å². The topological polar surface area (TPSA) is 134 Å². The number of nitrogens with two attached hydrogens (primary N) is 1. The number of esters is 3. The molecule has 0 aromatic rings. The maximum atomic E-state index is 12.9. The number of ether oxygens (including phenoxy) is 4. The van der Waals surface area contributed by atoms with Gasteiger partial charge in [-0.2, -0.15) is 0 Å². The summed E-state index contributed by atoms with van der Waals surface area (Å²) in [5.41, 5.74) is 3.33. The van der Waals surface area contributed by atoms with Gasteiger partial charge in [-0.15, -0.1) is 0 Å². The first-order valence-electron chi connectivity index (χ1n) is 12.0. The third-order valence-corrected chi connectivity index (χ3v) is 5.52. The Kier molecular flexibility index (Phi) is 8.66. The van der Waals surface area contributed by atoms with Gasteiger partial charge in [0.2, 0.25) is 5.91 Å². The van der Waals surface area contributed by atoms with Crippen molar-refractivity contribution in [2.24, 2.45) is 22.0 Å². The highest BCUT2D eigenvalue weighted by Crippen LogP contribution is 2.35. The van der Waals surface area contributed by atoms with Crippen LogP contribution in [0.3, 0.4) is 0 Å². The summed E-state index contributed by atoms with van der Waals surface area (Å²) >= 11 is 0. The van der Waals surface area contributed by atoms with Crippen LogP contribution in [-0.2, 0) is 38.1 Å². The number of amides is 1. The molecule has 0 bridgehead atoms. The van der Waals surface area contributed by atoms with Crippen LogP contribution in [0.5, 0.6) is 0 Å². The standard InChI is InChI=1S/C26H40N2O8/c1-24(2,3)21(30)33-14-16-17(35-22(31)25(4,5)6)18(36-23(32)26(7,8)9)20(34-16)28-12-10-11-15(13-28)19(27)29/h10,12-13,16-18,20H,11,14H2,1-9H3,(H2,27,29)/t16?,17-,18-,20?/m1/s1. The van der Waals surface area contributed by atoms with Crippen molar-refractivity contribution in [3.8, 4) is 0 Å². The Bertz CT molecular complexity index is 933. The molecule has 2 unspecified atom stereocenters. The molecular formula is C26H40N2O8. The summed E-state index contributed by atoms with van der Waals surface area (Å²) in [7, 11) is 0. The second-order valence-corrected chi connectivity index (χ2v) is 12.2. The maximum absolute atomic E-state index is 12.9. The molecule has 2 heterocycles. The van der Waals surface area contributed by atoms with E-state index in [1.54, 1.807) is 79.5 Å². The molecule has 2 aliphatic heterocycles. The van der Waals surface area contributed by atoms with Gasteiger partial charge < -0.3 is 29.6 Å². The first kappa shape index (κ1) is 29.4. The maximum Gasteiger partial charge on any atom is 0.311 e. The fourth-order valence-corrected chi connectivity index (χ4v) is 3.22. The lowest BCUT2D eigenvalue weighted by atomic mass is 9.96. The van der Waals surface area contributed by atoms with E-state index in [4.69, 9.17) is 24.7 Å². The Morgan fingerprint density at radius 1 is 0.889 bits per heavy atom. The van der Waals surface area contributed by atoms with Gasteiger partial charge in [-0.1, -0.05) is 6.08 Å². The minimum absolute atomic E-state index is 0.234. The van der Waals surface area contributed by atoms with E-state index in [0.717, 1.165) is 0 Å². The minimum atomic E-state index is -1.09. The fraction of sp³-hybridized carbons (Fsp3) is 0.692. The second kappa shape index (κ2) is 10.6. The molecule has 0 radical (unpaired) electrons. The van der Waals surface area contributed by atoms with Gasteiger partial charge in [0.25, 0.3) is 0 Å². The largest absolute Gasteiger partial charge is 0.462 e. The number of hydrogen-bond donors (Lipinski definition) is 1. The van der Waals surface area contributed by atoms with Crippen molar-refractivity contribution in [2.75, 3.05) is 6.61 Å². The Morgan fingerprint density at radius 3 is 1.86 bits per heavy atom. The molecule has 0 saturated carbocycles. The summed E-state index contributed by atoms with van der Waals surface area (Å²) in [6, 6.07) is 0. The van der Waals surface area contributed by atoms with Crippen molar-refractivity contribution in [3.05, 3.63) is 24.0 Å². The highest BCUT2D eigenvalue weighted by atomic mass is 16.7. The van der Waals surface area contributed by atoms with Crippen LogP contribution in [0.1, 0.15) is 68.7 Å². The average Bonchev–Trinajstić information content (AvgIpc) is 3.07. The minimum Gasteiger partial charge on any atom is -0.462 e. The van der Waals surface area contributed by atoms with Crippen LogP contribution in [-0.4, -0.2) is 59.9 Å². The fourth-order valence-electron chi connectivity index (χ4n) is 3.22. The van der Waals surface area contributed by atoms with E-state index in [1.165, 1.54) is 6.20 Å². The number of carbonyl (C=O) groups excluding carboxylic acids is 4. The number of hydrogen-bond acceptors (Lipinski definition) is 9. The quantitative estimate of drug-likeness (QED) is 0.424. The van der Waals surface area contributed by atoms with Crippen LogP contribution in [0.2, 0.25) is 0 Å². The molecule has 10 nitrogen and oxygen atoms in total. The van der Waals surface area contributed by atoms with E-state index in [2.05, 4.69) is 0 Å². The molecule has 0 aromatic heterocycles. The summed E-state index contributed by atoms with van der Waals surface area (Å²) in [6.07, 6.45) is 1.15. The third kappa shape index (κ3) is 7.32. The molecule has 10 heteroatoms. The van der Waals surface area contributed by atoms with Gasteiger partial charge in [-0.25, -0.2) is 0 Å². The number of primary amides is 1. The molecule has 2 N–H and O–H groups in total. The molecule has 202 valence electrons. The predicted molar refractivity (Wildman–Crippen MR) is 131 cm³/mol. The molecule has 1 fully saturated rings. The Labute approximate surface area is 213 Å². The van der Waals surface area contributed by atoms with E-state index in [0.29, 0.717) is 12.0 Å². The van der Waals surface area contributed by atoms with Crippen molar-refractivity contribution in [2.45, 2.75) is 93.3 Å². The second-order valence-electron chi connectivity index (χ2n) is 12.2. The lowest BCUT2D eigenvalue weighted by molar-refractivity contribution is -0.179. The van der Waals surface area contributed by atoms with Crippen LogP contribution in [0.25, 0.3) is 0 Å². The number of rotatable bonds is 6. The molecular weight excluding hydrogens is 468 g/mol. The van der Waals surface area contributed by atoms with Crippen molar-refractivity contribution in [1.82, 2.24) is 4.90 Å². The van der Waals surface area contributed by atoms with Crippen LogP contribution < -0.4 is 5.73 Å². The van der Waals surface area contributed by atoms with Gasteiger partial charge in [0.15, 0.2) is 18.4 Å². The highest BCUT2D eigenvalue weighted by molar-refractivity contribution is 5.92. The molecule has 2 aliphatic rings. The lowest BCUT2D eigenvalue weighted by Gasteiger charge is -2.33. The van der Waals surface area contributed by atoms with Crippen LogP contribution in [0.15, 0.2) is 24.0 Å². The van der Waals surface area contributed by atoms with Crippen molar-refractivity contribution in [3.63, 3.8) is 0 Å². The zero-order valence-corrected chi connectivity index (χ0v) is 22.7. The molecule has 4 atom stereocenters. The predicted octanol–water partition coefficient (Wildman–Crippen LogP) is 2.81. The number of allylic oxidation sites excluding steroid dienone is 1. The number of carbonyl (C=O) groups is 4. The molecule has 1 saturated heterocycles. The van der Waals surface area contributed by atoms with Crippen LogP contribution in [0.4, 0.5) is 0 Å². The average molecular weight is 509 g/mol. The van der Waals surface area contributed by atoms with E-state index >= 15 is 0 Å². The molecule has 1 amide bonds. The third-order valence-electron chi connectivity index (χ3n) is 5.52. The zero-order chi connectivity index (χ0) is 27.6. The molecule has 0 spiro atoms. The van der Waals surface area contributed by atoms with Crippen molar-refractivity contribution >= 4 is 23.8 Å².